The molecule has 1 aromatic carbocycles. The van der Waals surface area contributed by atoms with E-state index >= 15 is 0 Å². The highest BCUT2D eigenvalue weighted by atomic mass is 32.1. The van der Waals surface area contributed by atoms with Gasteiger partial charge in [0.05, 0.1) is 0 Å². The van der Waals surface area contributed by atoms with Crippen LogP contribution in [0.3, 0.4) is 0 Å². The maximum absolute atomic E-state index is 12.3. The van der Waals surface area contributed by atoms with Crippen molar-refractivity contribution in [3.05, 3.63) is 36.4 Å². The Morgan fingerprint density at radius 3 is 2.69 bits per heavy atom. The SMILES string of the molecule is C=CCn1c(O)c2ccc(C(=O)N=NC(=S)NC[C@H](C)CCCCC)cc2c1O. The minimum Gasteiger partial charge on any atom is -0.494 e. The zero-order chi connectivity index (χ0) is 21.4. The van der Waals surface area contributed by atoms with Gasteiger partial charge in [-0.15, -0.1) is 16.8 Å². The Hall–Kier alpha value is -2.74. The van der Waals surface area contributed by atoms with Gasteiger partial charge in [0.15, 0.2) is 0 Å². The standard InChI is InChI=1S/C21H28N4O3S/c1-4-6-7-8-14(3)13-22-21(29)24-23-18(26)15-9-10-16-17(12-15)20(28)25(11-5-2)19(16)27/h5,9-10,12,14,27-28H,2,4,6-8,11,13H2,1,3H3,(H,22,29)/t14-/m1/s1. The van der Waals surface area contributed by atoms with Gasteiger partial charge in [0, 0.05) is 29.4 Å². The number of aromatic nitrogens is 1. The number of carbonyl (C=O) groups is 1. The lowest BCUT2D eigenvalue weighted by atomic mass is 10.0. The van der Waals surface area contributed by atoms with E-state index in [0.29, 0.717) is 23.2 Å². The molecule has 0 bridgehead atoms. The molecule has 0 aliphatic carbocycles. The normalized spacial score (nSPS) is 12.3. The van der Waals surface area contributed by atoms with E-state index in [4.69, 9.17) is 12.2 Å². The number of hydrogen-bond donors (Lipinski definition) is 3. The number of allylic oxidation sites excluding steroid dienone is 1. The quantitative estimate of drug-likeness (QED) is 0.233. The first-order valence-electron chi connectivity index (χ1n) is 9.78. The molecule has 156 valence electrons. The summed E-state index contributed by atoms with van der Waals surface area (Å²) in [5.74, 6) is -0.347. The van der Waals surface area contributed by atoms with Crippen LogP contribution in [0.5, 0.6) is 11.8 Å². The predicted octanol–water partition coefficient (Wildman–Crippen LogP) is 4.92. The Morgan fingerprint density at radius 2 is 2.00 bits per heavy atom. The molecule has 1 amide bonds. The number of amides is 1. The van der Waals surface area contributed by atoms with Crippen LogP contribution in [0.2, 0.25) is 0 Å². The van der Waals surface area contributed by atoms with Crippen molar-refractivity contribution in [3.8, 4) is 11.8 Å². The first-order chi connectivity index (χ1) is 13.9. The van der Waals surface area contributed by atoms with E-state index < -0.39 is 5.91 Å². The number of nitrogens with zero attached hydrogens (tertiary/aromatic N) is 3. The lowest BCUT2D eigenvalue weighted by Crippen LogP contribution is -2.25. The number of aromatic hydroxyl groups is 2. The molecule has 2 aromatic rings. The molecule has 0 saturated heterocycles. The van der Waals surface area contributed by atoms with Crippen LogP contribution < -0.4 is 5.32 Å². The van der Waals surface area contributed by atoms with Gasteiger partial charge in [-0.25, -0.2) is 0 Å². The molecule has 0 unspecified atom stereocenters. The molecule has 0 saturated carbocycles. The fraction of sp³-hybridized carbons (Fsp3) is 0.429. The van der Waals surface area contributed by atoms with Crippen molar-refractivity contribution < 1.29 is 15.0 Å². The summed E-state index contributed by atoms with van der Waals surface area (Å²) in [5, 5.41) is 31.9. The van der Waals surface area contributed by atoms with Gasteiger partial charge >= 0.3 is 0 Å². The monoisotopic (exact) mass is 416 g/mol. The Bertz CT molecular complexity index is 920. The van der Waals surface area contributed by atoms with Crippen molar-refractivity contribution in [2.24, 2.45) is 16.1 Å². The van der Waals surface area contributed by atoms with E-state index in [-0.39, 0.29) is 29.0 Å². The van der Waals surface area contributed by atoms with Crippen LogP contribution in [0.15, 0.2) is 41.1 Å². The number of azo groups is 1. The van der Waals surface area contributed by atoms with Crippen LogP contribution in [-0.4, -0.2) is 32.3 Å². The maximum atomic E-state index is 12.3. The lowest BCUT2D eigenvalue weighted by Gasteiger charge is -2.11. The minimum absolute atomic E-state index is 0.0866. The zero-order valence-corrected chi connectivity index (χ0v) is 17.7. The van der Waals surface area contributed by atoms with Gasteiger partial charge in [-0.3, -0.25) is 9.36 Å². The van der Waals surface area contributed by atoms with Crippen LogP contribution in [0, 0.1) is 5.92 Å². The summed E-state index contributed by atoms with van der Waals surface area (Å²) in [6, 6.07) is 4.55. The Morgan fingerprint density at radius 1 is 1.28 bits per heavy atom. The third-order valence-electron chi connectivity index (χ3n) is 4.71. The summed E-state index contributed by atoms with van der Waals surface area (Å²) >= 11 is 5.11. The highest BCUT2D eigenvalue weighted by Crippen LogP contribution is 2.36. The molecule has 7 nitrogen and oxygen atoms in total. The molecule has 29 heavy (non-hydrogen) atoms. The first-order valence-corrected chi connectivity index (χ1v) is 10.2. The molecule has 1 aromatic heterocycles. The summed E-state index contributed by atoms with van der Waals surface area (Å²) in [7, 11) is 0. The molecular weight excluding hydrogens is 388 g/mol. The fourth-order valence-corrected chi connectivity index (χ4v) is 3.16. The second-order valence-electron chi connectivity index (χ2n) is 7.10. The van der Waals surface area contributed by atoms with Gasteiger partial charge in [-0.05, 0) is 42.8 Å². The molecule has 0 fully saturated rings. The van der Waals surface area contributed by atoms with E-state index in [1.165, 1.54) is 36.0 Å². The number of hydrogen-bond acceptors (Lipinski definition) is 4. The van der Waals surface area contributed by atoms with Crippen LogP contribution in [-0.2, 0) is 6.54 Å². The number of thiocarbonyl (C=S) groups is 1. The smallest absolute Gasteiger partial charge is 0.295 e. The summed E-state index contributed by atoms with van der Waals surface area (Å²) < 4.78 is 1.30. The van der Waals surface area contributed by atoms with Crippen molar-refractivity contribution in [2.75, 3.05) is 6.54 Å². The van der Waals surface area contributed by atoms with Gasteiger partial charge in [-0.2, -0.15) is 0 Å². The van der Waals surface area contributed by atoms with Crippen molar-refractivity contribution in [2.45, 2.75) is 46.1 Å². The highest BCUT2D eigenvalue weighted by Gasteiger charge is 2.17. The average molecular weight is 417 g/mol. The second-order valence-corrected chi connectivity index (χ2v) is 7.49. The molecule has 1 heterocycles. The second kappa shape index (κ2) is 10.7. The van der Waals surface area contributed by atoms with E-state index in [0.717, 1.165) is 6.42 Å². The van der Waals surface area contributed by atoms with E-state index in [2.05, 4.69) is 36.0 Å². The Labute approximate surface area is 176 Å². The van der Waals surface area contributed by atoms with Gasteiger partial charge in [-0.1, -0.05) is 39.2 Å². The van der Waals surface area contributed by atoms with Crippen LogP contribution in [0.25, 0.3) is 10.8 Å². The number of carbonyl (C=O) groups excluding carboxylic acids is 1. The van der Waals surface area contributed by atoms with E-state index in [9.17, 15) is 15.0 Å². The average Bonchev–Trinajstić information content (AvgIpc) is 2.95. The van der Waals surface area contributed by atoms with Crippen LogP contribution in [0.1, 0.15) is 49.9 Å². The van der Waals surface area contributed by atoms with Crippen molar-refractivity contribution >= 4 is 34.0 Å². The van der Waals surface area contributed by atoms with Crippen molar-refractivity contribution in [1.82, 2.24) is 9.88 Å². The Balaban J connectivity index is 2.01. The number of rotatable bonds is 9. The highest BCUT2D eigenvalue weighted by molar-refractivity contribution is 7.80. The van der Waals surface area contributed by atoms with Gasteiger partial charge in [0.1, 0.15) is 0 Å². The summed E-state index contributed by atoms with van der Waals surface area (Å²) in [4.78, 5) is 12.3. The summed E-state index contributed by atoms with van der Waals surface area (Å²) in [6.45, 7) is 8.84. The molecule has 0 aliphatic heterocycles. The molecule has 8 heteroatoms. The number of nitrogens with one attached hydrogen (secondary N) is 1. The zero-order valence-electron chi connectivity index (χ0n) is 16.9. The third kappa shape index (κ3) is 5.87. The molecule has 0 spiro atoms. The number of benzene rings is 1. The van der Waals surface area contributed by atoms with E-state index in [1.807, 2.05) is 0 Å². The van der Waals surface area contributed by atoms with Crippen LogP contribution >= 0.6 is 12.2 Å². The molecular formula is C21H28N4O3S. The maximum Gasteiger partial charge on any atom is 0.295 e. The van der Waals surface area contributed by atoms with Gasteiger partial charge < -0.3 is 15.5 Å². The molecule has 0 aliphatic rings. The van der Waals surface area contributed by atoms with Crippen molar-refractivity contribution in [1.29, 1.82) is 0 Å². The lowest BCUT2D eigenvalue weighted by molar-refractivity contribution is 0.0995. The third-order valence-corrected chi connectivity index (χ3v) is 4.93. The van der Waals surface area contributed by atoms with Gasteiger partial charge in [0.25, 0.3) is 5.91 Å². The van der Waals surface area contributed by atoms with E-state index in [1.54, 1.807) is 12.1 Å². The van der Waals surface area contributed by atoms with Gasteiger partial charge in [0.2, 0.25) is 16.9 Å². The molecule has 1 atom stereocenters. The largest absolute Gasteiger partial charge is 0.494 e. The van der Waals surface area contributed by atoms with Crippen molar-refractivity contribution in [3.63, 3.8) is 0 Å². The molecule has 2 rings (SSSR count). The number of unbranched alkanes of at least 4 members (excludes halogenated alkanes) is 2. The van der Waals surface area contributed by atoms with Crippen LogP contribution in [0.4, 0.5) is 0 Å². The number of fused-ring (bicyclic) bond motifs is 1. The molecule has 0 radical (unpaired) electrons. The minimum atomic E-state index is -0.581. The molecule has 3 N–H and O–H groups in total. The topological polar surface area (TPSA) is 99.2 Å². The predicted molar refractivity (Wildman–Crippen MR) is 119 cm³/mol. The first kappa shape index (κ1) is 22.5. The summed E-state index contributed by atoms with van der Waals surface area (Å²) in [5.41, 5.74) is 0.239. The Kier molecular flexibility index (Phi) is 8.33. The summed E-state index contributed by atoms with van der Waals surface area (Å²) in [6.07, 6.45) is 6.26. The fourth-order valence-electron chi connectivity index (χ4n) is 3.04.